The highest BCUT2D eigenvalue weighted by Gasteiger charge is 2.02. The fourth-order valence-corrected chi connectivity index (χ4v) is 1.25. The van der Waals surface area contributed by atoms with Crippen LogP contribution in [0.4, 0.5) is 4.39 Å². The van der Waals surface area contributed by atoms with E-state index in [1.807, 2.05) is 59.7 Å². The minimum absolute atomic E-state index is 0.220. The van der Waals surface area contributed by atoms with E-state index in [0.717, 1.165) is 11.3 Å². The third kappa shape index (κ3) is 14.7. The van der Waals surface area contributed by atoms with Crippen LogP contribution in [0.2, 0.25) is 0 Å². The largest absolute Gasteiger partial charge is 0.333 e. The molecule has 1 N–H and O–H groups in total. The van der Waals surface area contributed by atoms with E-state index in [2.05, 4.69) is 16.9 Å². The molecule has 0 bridgehead atoms. The highest BCUT2D eigenvalue weighted by atomic mass is 19.1. The third-order valence-electron chi connectivity index (χ3n) is 1.99. The van der Waals surface area contributed by atoms with Crippen LogP contribution in [-0.4, -0.2) is 32.4 Å². The Balaban J connectivity index is -0.000000446. The van der Waals surface area contributed by atoms with Crippen LogP contribution in [0, 0.1) is 5.82 Å². The molecule has 0 aliphatic heterocycles. The first-order chi connectivity index (χ1) is 10.5. The SMILES string of the molecule is C=C(C)N(C=NC)Cc1cccc(F)c1.CC.CC.CNC. The number of nitrogens with one attached hydrogen (secondary N) is 1. The average Bonchev–Trinajstić information content (AvgIpc) is 2.52. The predicted molar refractivity (Wildman–Crippen MR) is 98.9 cm³/mol. The highest BCUT2D eigenvalue weighted by molar-refractivity contribution is 5.57. The fourth-order valence-electron chi connectivity index (χ4n) is 1.25. The third-order valence-corrected chi connectivity index (χ3v) is 1.99. The Labute approximate surface area is 137 Å². The van der Waals surface area contributed by atoms with Gasteiger partial charge in [0.05, 0.1) is 6.34 Å². The van der Waals surface area contributed by atoms with Gasteiger partial charge in [-0.25, -0.2) is 4.39 Å². The zero-order valence-electron chi connectivity index (χ0n) is 15.6. The van der Waals surface area contributed by atoms with Crippen molar-refractivity contribution in [3.8, 4) is 0 Å². The predicted octanol–water partition coefficient (Wildman–Crippen LogP) is 4.71. The Kier molecular flexibility index (Phi) is 22.2. The highest BCUT2D eigenvalue weighted by Crippen LogP contribution is 2.09. The summed E-state index contributed by atoms with van der Waals surface area (Å²) in [5.41, 5.74) is 1.78. The molecule has 0 aliphatic rings. The molecular formula is C18H34FN3. The van der Waals surface area contributed by atoms with E-state index in [1.165, 1.54) is 12.1 Å². The molecule has 1 aromatic rings. The van der Waals surface area contributed by atoms with Gasteiger partial charge in [-0.2, -0.15) is 0 Å². The Morgan fingerprint density at radius 3 is 2.14 bits per heavy atom. The second kappa shape index (κ2) is 19.3. The minimum atomic E-state index is -0.220. The van der Waals surface area contributed by atoms with Gasteiger partial charge in [0.25, 0.3) is 0 Å². The number of aliphatic imine (C=N–C) groups is 1. The molecule has 0 aromatic heterocycles. The molecule has 22 heavy (non-hydrogen) atoms. The summed E-state index contributed by atoms with van der Waals surface area (Å²) in [4.78, 5) is 5.79. The van der Waals surface area contributed by atoms with Gasteiger partial charge < -0.3 is 10.2 Å². The van der Waals surface area contributed by atoms with Crippen molar-refractivity contribution in [2.24, 2.45) is 4.99 Å². The molecule has 0 heterocycles. The molecule has 4 heteroatoms. The summed E-state index contributed by atoms with van der Waals surface area (Å²) in [5.74, 6) is -0.220. The van der Waals surface area contributed by atoms with Gasteiger partial charge in [-0.3, -0.25) is 4.99 Å². The van der Waals surface area contributed by atoms with Gasteiger partial charge in [0.1, 0.15) is 5.82 Å². The molecule has 128 valence electrons. The van der Waals surface area contributed by atoms with Crippen molar-refractivity contribution in [3.05, 3.63) is 47.9 Å². The van der Waals surface area contributed by atoms with Crippen LogP contribution in [0.15, 0.2) is 41.5 Å². The van der Waals surface area contributed by atoms with Gasteiger partial charge in [0.2, 0.25) is 0 Å². The molecule has 0 unspecified atom stereocenters. The maximum atomic E-state index is 12.9. The van der Waals surface area contributed by atoms with E-state index in [9.17, 15) is 4.39 Å². The number of hydrogen-bond donors (Lipinski definition) is 1. The Morgan fingerprint density at radius 2 is 1.77 bits per heavy atom. The van der Waals surface area contributed by atoms with Crippen molar-refractivity contribution in [1.82, 2.24) is 10.2 Å². The lowest BCUT2D eigenvalue weighted by atomic mass is 10.2. The molecule has 1 aromatic carbocycles. The van der Waals surface area contributed by atoms with Gasteiger partial charge >= 0.3 is 0 Å². The number of halogens is 1. The van der Waals surface area contributed by atoms with Crippen LogP contribution >= 0.6 is 0 Å². The van der Waals surface area contributed by atoms with E-state index in [4.69, 9.17) is 0 Å². The summed E-state index contributed by atoms with van der Waals surface area (Å²) in [5, 5.41) is 2.75. The molecule has 0 amide bonds. The lowest BCUT2D eigenvalue weighted by Gasteiger charge is -2.19. The van der Waals surface area contributed by atoms with Crippen LogP contribution in [-0.2, 0) is 6.54 Å². The van der Waals surface area contributed by atoms with Gasteiger partial charge in [-0.1, -0.05) is 46.4 Å². The molecule has 0 radical (unpaired) electrons. The molecular weight excluding hydrogens is 277 g/mol. The Bertz CT molecular complexity index is 390. The monoisotopic (exact) mass is 311 g/mol. The smallest absolute Gasteiger partial charge is 0.123 e. The minimum Gasteiger partial charge on any atom is -0.333 e. The standard InChI is InChI=1S/C12H15FN2.C2H7N.2C2H6/c1-10(2)15(9-14-3)8-11-5-4-6-12(13)7-11;1-3-2;2*1-2/h4-7,9H,1,8H2,2-3H3;3H,1-2H3;2*1-2H3. The molecule has 0 aliphatic carbocycles. The maximum Gasteiger partial charge on any atom is 0.123 e. The van der Waals surface area contributed by atoms with Crippen molar-refractivity contribution in [2.45, 2.75) is 41.2 Å². The van der Waals surface area contributed by atoms with E-state index in [0.29, 0.717) is 6.54 Å². The second-order valence-electron chi connectivity index (χ2n) is 3.87. The maximum absolute atomic E-state index is 12.9. The number of rotatable bonds is 4. The summed E-state index contributed by atoms with van der Waals surface area (Å²) in [6.07, 6.45) is 1.69. The van der Waals surface area contributed by atoms with Crippen molar-refractivity contribution >= 4 is 6.34 Å². The topological polar surface area (TPSA) is 27.6 Å². The van der Waals surface area contributed by atoms with E-state index in [1.54, 1.807) is 19.5 Å². The molecule has 0 spiro atoms. The number of benzene rings is 1. The van der Waals surface area contributed by atoms with Crippen molar-refractivity contribution in [2.75, 3.05) is 21.1 Å². The first-order valence-electron chi connectivity index (χ1n) is 7.72. The second-order valence-corrected chi connectivity index (χ2v) is 3.87. The average molecular weight is 311 g/mol. The zero-order chi connectivity index (χ0) is 18.0. The summed E-state index contributed by atoms with van der Waals surface area (Å²) in [7, 11) is 5.45. The first-order valence-corrected chi connectivity index (χ1v) is 7.72. The number of allylic oxidation sites excluding steroid dienone is 1. The molecule has 1 rings (SSSR count). The Morgan fingerprint density at radius 1 is 1.27 bits per heavy atom. The lowest BCUT2D eigenvalue weighted by Crippen LogP contribution is -2.18. The van der Waals surface area contributed by atoms with Crippen molar-refractivity contribution in [1.29, 1.82) is 0 Å². The normalized spacial score (nSPS) is 8.59. The van der Waals surface area contributed by atoms with Crippen LogP contribution < -0.4 is 5.32 Å². The van der Waals surface area contributed by atoms with E-state index >= 15 is 0 Å². The van der Waals surface area contributed by atoms with Gasteiger partial charge in [0, 0.05) is 19.3 Å². The first kappa shape index (κ1) is 25.3. The van der Waals surface area contributed by atoms with Crippen molar-refractivity contribution in [3.63, 3.8) is 0 Å². The quantitative estimate of drug-likeness (QED) is 0.644. The Hall–Kier alpha value is -1.68. The summed E-state index contributed by atoms with van der Waals surface area (Å²) >= 11 is 0. The molecule has 0 atom stereocenters. The molecule has 0 saturated heterocycles. The molecule has 0 fully saturated rings. The van der Waals surface area contributed by atoms with Crippen LogP contribution in [0.3, 0.4) is 0 Å². The number of hydrogen-bond acceptors (Lipinski definition) is 2. The van der Waals surface area contributed by atoms with Crippen molar-refractivity contribution < 1.29 is 4.39 Å². The molecule has 0 saturated carbocycles. The summed E-state index contributed by atoms with van der Waals surface area (Å²) in [6, 6.07) is 6.52. The summed E-state index contributed by atoms with van der Waals surface area (Å²) < 4.78 is 12.9. The summed E-state index contributed by atoms with van der Waals surface area (Å²) in [6.45, 7) is 14.3. The van der Waals surface area contributed by atoms with Crippen LogP contribution in [0.1, 0.15) is 40.2 Å². The van der Waals surface area contributed by atoms with E-state index < -0.39 is 0 Å². The van der Waals surface area contributed by atoms with Gasteiger partial charge in [-0.15, -0.1) is 0 Å². The van der Waals surface area contributed by atoms with E-state index in [-0.39, 0.29) is 5.82 Å². The van der Waals surface area contributed by atoms with Gasteiger partial charge in [-0.05, 0) is 38.7 Å². The fraction of sp³-hybridized carbons (Fsp3) is 0.500. The van der Waals surface area contributed by atoms with Crippen LogP contribution in [0.5, 0.6) is 0 Å². The lowest BCUT2D eigenvalue weighted by molar-refractivity contribution is 0.521. The molecule has 3 nitrogen and oxygen atoms in total. The zero-order valence-corrected chi connectivity index (χ0v) is 15.6. The van der Waals surface area contributed by atoms with Crippen LogP contribution in [0.25, 0.3) is 0 Å². The number of nitrogens with zero attached hydrogens (tertiary/aromatic N) is 2. The van der Waals surface area contributed by atoms with Gasteiger partial charge in [0.15, 0.2) is 0 Å².